The monoisotopic (exact) mass is 500 g/mol. The number of benzene rings is 3. The van der Waals surface area contributed by atoms with Crippen molar-refractivity contribution >= 4 is 5.91 Å². The summed E-state index contributed by atoms with van der Waals surface area (Å²) in [6.07, 6.45) is 1.97. The Morgan fingerprint density at radius 3 is 2.46 bits per heavy atom. The predicted molar refractivity (Wildman–Crippen MR) is 146 cm³/mol. The summed E-state index contributed by atoms with van der Waals surface area (Å²) < 4.78 is 13.0. The summed E-state index contributed by atoms with van der Waals surface area (Å²) in [7, 11) is 2.06. The largest absolute Gasteiger partial charge is 0.392 e. The molecule has 0 bridgehead atoms. The highest BCUT2D eigenvalue weighted by Crippen LogP contribution is 2.39. The van der Waals surface area contributed by atoms with Crippen LogP contribution in [0.1, 0.15) is 48.0 Å². The third-order valence-corrected chi connectivity index (χ3v) is 6.53. The molecular weight excluding hydrogens is 464 g/mol. The topological polar surface area (TPSA) is 71.0 Å². The first kappa shape index (κ1) is 26.8. The molecule has 2 N–H and O–H groups in total. The number of carbonyl (C=O) groups is 1. The van der Waals surface area contributed by atoms with Gasteiger partial charge in [0.25, 0.3) is 0 Å². The molecule has 0 aliphatic carbocycles. The van der Waals surface area contributed by atoms with Crippen LogP contribution in [0, 0.1) is 0 Å². The molecule has 0 unspecified atom stereocenters. The van der Waals surface area contributed by atoms with Crippen molar-refractivity contribution in [1.29, 1.82) is 0 Å². The molecule has 6 nitrogen and oxygen atoms in total. The SMILES string of the molecule is C=CCN(C)C[C@H]1C[C@@H](c2ccc(CO)cc2)O[C@@H](c2cccc(-c3cccc(CNC(C)=O)c3)c2)O1. The van der Waals surface area contributed by atoms with Crippen molar-refractivity contribution in [2.24, 2.45) is 0 Å². The number of hydrogen-bond acceptors (Lipinski definition) is 5. The zero-order valence-electron chi connectivity index (χ0n) is 21.6. The summed E-state index contributed by atoms with van der Waals surface area (Å²) in [5, 5.41) is 12.3. The fourth-order valence-corrected chi connectivity index (χ4v) is 4.63. The summed E-state index contributed by atoms with van der Waals surface area (Å²) in [5.41, 5.74) is 6.08. The molecule has 0 aromatic heterocycles. The summed E-state index contributed by atoms with van der Waals surface area (Å²) in [4.78, 5) is 13.5. The molecule has 37 heavy (non-hydrogen) atoms. The van der Waals surface area contributed by atoms with Crippen molar-refractivity contribution in [3.8, 4) is 11.1 Å². The second-order valence-electron chi connectivity index (χ2n) is 9.60. The van der Waals surface area contributed by atoms with Crippen LogP contribution in [0.15, 0.2) is 85.5 Å². The van der Waals surface area contributed by atoms with E-state index in [1.54, 1.807) is 0 Å². The van der Waals surface area contributed by atoms with E-state index in [1.807, 2.05) is 54.6 Å². The smallest absolute Gasteiger partial charge is 0.217 e. The average molecular weight is 501 g/mol. The van der Waals surface area contributed by atoms with Gasteiger partial charge in [-0.15, -0.1) is 6.58 Å². The summed E-state index contributed by atoms with van der Waals surface area (Å²) in [5.74, 6) is -0.0483. The lowest BCUT2D eigenvalue weighted by molar-refractivity contribution is -0.252. The van der Waals surface area contributed by atoms with Gasteiger partial charge < -0.3 is 24.8 Å². The maximum atomic E-state index is 11.3. The van der Waals surface area contributed by atoms with E-state index >= 15 is 0 Å². The Balaban J connectivity index is 1.58. The lowest BCUT2D eigenvalue weighted by atomic mass is 9.98. The predicted octanol–water partition coefficient (Wildman–Crippen LogP) is 5.15. The second-order valence-corrected chi connectivity index (χ2v) is 9.60. The third-order valence-electron chi connectivity index (χ3n) is 6.53. The molecule has 1 fully saturated rings. The molecule has 3 aromatic carbocycles. The lowest BCUT2D eigenvalue weighted by Gasteiger charge is -2.37. The van der Waals surface area contributed by atoms with E-state index in [-0.39, 0.29) is 24.7 Å². The number of likely N-dealkylation sites (N-methyl/N-ethyl adjacent to an activating group) is 1. The fourth-order valence-electron chi connectivity index (χ4n) is 4.63. The van der Waals surface area contributed by atoms with Crippen LogP contribution < -0.4 is 5.32 Å². The van der Waals surface area contributed by atoms with E-state index in [1.165, 1.54) is 6.92 Å². The first-order valence-corrected chi connectivity index (χ1v) is 12.7. The highest BCUT2D eigenvalue weighted by molar-refractivity contribution is 5.73. The van der Waals surface area contributed by atoms with Gasteiger partial charge in [0.05, 0.1) is 18.8 Å². The number of rotatable bonds is 10. The van der Waals surface area contributed by atoms with Crippen molar-refractivity contribution in [1.82, 2.24) is 10.2 Å². The second kappa shape index (κ2) is 12.8. The van der Waals surface area contributed by atoms with E-state index in [0.717, 1.165) is 52.9 Å². The molecule has 1 amide bonds. The quantitative estimate of drug-likeness (QED) is 0.377. The average Bonchev–Trinajstić information content (AvgIpc) is 2.92. The minimum absolute atomic E-state index is 0.0177. The van der Waals surface area contributed by atoms with Crippen LogP contribution in [0.4, 0.5) is 0 Å². The number of ether oxygens (including phenoxy) is 2. The van der Waals surface area contributed by atoms with Crippen LogP contribution in [-0.4, -0.2) is 42.2 Å². The molecule has 3 atom stereocenters. The Labute approximate surface area is 219 Å². The molecule has 0 saturated carbocycles. The summed E-state index contributed by atoms with van der Waals surface area (Å²) >= 11 is 0. The number of hydrogen-bond donors (Lipinski definition) is 2. The van der Waals surface area contributed by atoms with Gasteiger partial charge >= 0.3 is 0 Å². The molecule has 1 aliphatic heterocycles. The fraction of sp³-hybridized carbons (Fsp3) is 0.323. The van der Waals surface area contributed by atoms with Gasteiger partial charge in [-0.2, -0.15) is 0 Å². The minimum Gasteiger partial charge on any atom is -0.392 e. The van der Waals surface area contributed by atoms with Crippen LogP contribution in [0.3, 0.4) is 0 Å². The van der Waals surface area contributed by atoms with Crippen LogP contribution in [0.25, 0.3) is 11.1 Å². The molecular formula is C31H36N2O4. The Hall–Kier alpha value is -3.29. The lowest BCUT2D eigenvalue weighted by Crippen LogP contribution is -2.37. The van der Waals surface area contributed by atoms with Crippen LogP contribution in [-0.2, 0) is 27.4 Å². The molecule has 4 rings (SSSR count). The Bertz CT molecular complexity index is 1190. The van der Waals surface area contributed by atoms with Crippen molar-refractivity contribution in [3.63, 3.8) is 0 Å². The molecule has 6 heteroatoms. The van der Waals surface area contributed by atoms with Crippen LogP contribution in [0.2, 0.25) is 0 Å². The van der Waals surface area contributed by atoms with Gasteiger partial charge in [0.1, 0.15) is 0 Å². The van der Waals surface area contributed by atoms with Gasteiger partial charge in [0, 0.05) is 38.5 Å². The Kier molecular flexibility index (Phi) is 9.25. The maximum absolute atomic E-state index is 11.3. The highest BCUT2D eigenvalue weighted by Gasteiger charge is 2.32. The van der Waals surface area contributed by atoms with Gasteiger partial charge in [0.2, 0.25) is 5.91 Å². The van der Waals surface area contributed by atoms with Gasteiger partial charge in [-0.1, -0.05) is 66.7 Å². The van der Waals surface area contributed by atoms with Crippen LogP contribution >= 0.6 is 0 Å². The van der Waals surface area contributed by atoms with Gasteiger partial charge in [-0.3, -0.25) is 4.79 Å². The first-order chi connectivity index (χ1) is 17.9. The van der Waals surface area contributed by atoms with Crippen molar-refractivity contribution < 1.29 is 19.4 Å². The Morgan fingerprint density at radius 1 is 1.03 bits per heavy atom. The van der Waals surface area contributed by atoms with Crippen molar-refractivity contribution in [3.05, 3.63) is 108 Å². The van der Waals surface area contributed by atoms with E-state index in [0.29, 0.717) is 6.54 Å². The number of aliphatic hydroxyl groups excluding tert-OH is 1. The van der Waals surface area contributed by atoms with Crippen molar-refractivity contribution in [2.75, 3.05) is 20.1 Å². The number of nitrogens with one attached hydrogen (secondary N) is 1. The van der Waals surface area contributed by atoms with Gasteiger partial charge in [-0.05, 0) is 47.0 Å². The van der Waals surface area contributed by atoms with E-state index < -0.39 is 6.29 Å². The van der Waals surface area contributed by atoms with E-state index in [9.17, 15) is 9.90 Å². The highest BCUT2D eigenvalue weighted by atomic mass is 16.7. The minimum atomic E-state index is -0.513. The van der Waals surface area contributed by atoms with E-state index in [2.05, 4.69) is 48.1 Å². The summed E-state index contributed by atoms with van der Waals surface area (Å²) in [6, 6.07) is 24.4. The number of nitrogens with zero attached hydrogens (tertiary/aromatic N) is 1. The normalized spacial score (nSPS) is 19.5. The standard InChI is InChI=1S/C31H36N2O4/c1-4-15-33(3)20-29-18-30(25-13-11-23(21-34)12-14-25)37-31(36-29)28-10-6-9-27(17-28)26-8-5-7-24(16-26)19-32-22(2)35/h4-14,16-17,29-31,34H,1,15,18-21H2,2-3H3,(H,32,35)/t29-,30+,31+/m1/s1. The van der Waals surface area contributed by atoms with E-state index in [4.69, 9.17) is 9.47 Å². The summed E-state index contributed by atoms with van der Waals surface area (Å²) in [6.45, 7) is 7.44. The zero-order valence-corrected chi connectivity index (χ0v) is 21.6. The van der Waals surface area contributed by atoms with Crippen LogP contribution in [0.5, 0.6) is 0 Å². The number of carbonyl (C=O) groups excluding carboxylic acids is 1. The van der Waals surface area contributed by atoms with Gasteiger partial charge in [0.15, 0.2) is 6.29 Å². The molecule has 1 heterocycles. The van der Waals surface area contributed by atoms with Crippen molar-refractivity contribution in [2.45, 2.75) is 45.0 Å². The Morgan fingerprint density at radius 2 is 1.76 bits per heavy atom. The molecule has 1 aliphatic rings. The molecule has 194 valence electrons. The van der Waals surface area contributed by atoms with Gasteiger partial charge in [-0.25, -0.2) is 0 Å². The first-order valence-electron chi connectivity index (χ1n) is 12.7. The molecule has 1 saturated heterocycles. The maximum Gasteiger partial charge on any atom is 0.217 e. The molecule has 0 radical (unpaired) electrons. The molecule has 3 aromatic rings. The number of aliphatic hydroxyl groups is 1. The third kappa shape index (κ3) is 7.37. The zero-order chi connectivity index (χ0) is 26.2. The molecule has 0 spiro atoms. The number of amides is 1.